The third kappa shape index (κ3) is 3.69. The van der Waals surface area contributed by atoms with Crippen LogP contribution in [-0.2, 0) is 4.79 Å². The summed E-state index contributed by atoms with van der Waals surface area (Å²) in [7, 11) is 0. The number of fused-ring (bicyclic) bond motifs is 1. The Kier molecular flexibility index (Phi) is 4.92. The van der Waals surface area contributed by atoms with Crippen molar-refractivity contribution >= 4 is 23.5 Å². The zero-order chi connectivity index (χ0) is 18.7. The van der Waals surface area contributed by atoms with E-state index in [9.17, 15) is 9.59 Å². The SMILES string of the molecule is CC1Oc2ccc(N)nc2N(CCCOc2ccc(C(=O)O)cc2)C1=O. The van der Waals surface area contributed by atoms with Crippen LogP contribution in [0.2, 0.25) is 0 Å². The van der Waals surface area contributed by atoms with Crippen LogP contribution < -0.4 is 20.1 Å². The van der Waals surface area contributed by atoms with Crippen LogP contribution in [0, 0.1) is 0 Å². The van der Waals surface area contributed by atoms with Gasteiger partial charge in [-0.05, 0) is 49.7 Å². The summed E-state index contributed by atoms with van der Waals surface area (Å²) >= 11 is 0. The lowest BCUT2D eigenvalue weighted by Gasteiger charge is -2.32. The second-order valence-corrected chi connectivity index (χ2v) is 5.84. The molecule has 1 unspecified atom stereocenters. The van der Waals surface area contributed by atoms with Crippen molar-refractivity contribution in [2.45, 2.75) is 19.4 Å². The zero-order valence-corrected chi connectivity index (χ0v) is 14.2. The number of hydrogen-bond acceptors (Lipinski definition) is 6. The number of carboxylic acids is 1. The van der Waals surface area contributed by atoms with Crippen molar-refractivity contribution in [2.24, 2.45) is 0 Å². The van der Waals surface area contributed by atoms with Gasteiger partial charge in [0, 0.05) is 6.54 Å². The van der Waals surface area contributed by atoms with Gasteiger partial charge in [0.05, 0.1) is 12.2 Å². The highest BCUT2D eigenvalue weighted by molar-refractivity contribution is 5.98. The number of amides is 1. The predicted molar refractivity (Wildman–Crippen MR) is 94.6 cm³/mol. The number of anilines is 2. The third-order valence-electron chi connectivity index (χ3n) is 3.93. The Morgan fingerprint density at radius 3 is 2.73 bits per heavy atom. The number of ether oxygens (including phenoxy) is 2. The minimum atomic E-state index is -0.984. The first-order chi connectivity index (χ1) is 12.5. The van der Waals surface area contributed by atoms with Gasteiger partial charge < -0.3 is 20.3 Å². The molecule has 3 rings (SSSR count). The molecule has 0 aliphatic carbocycles. The number of nitrogens with zero attached hydrogens (tertiary/aromatic N) is 2. The summed E-state index contributed by atoms with van der Waals surface area (Å²) in [6.07, 6.45) is -0.0212. The van der Waals surface area contributed by atoms with E-state index in [1.54, 1.807) is 36.1 Å². The number of rotatable bonds is 6. The van der Waals surface area contributed by atoms with Crippen LogP contribution in [0.3, 0.4) is 0 Å². The van der Waals surface area contributed by atoms with E-state index in [2.05, 4.69) is 4.98 Å². The molecule has 8 heteroatoms. The monoisotopic (exact) mass is 357 g/mol. The molecule has 8 nitrogen and oxygen atoms in total. The van der Waals surface area contributed by atoms with E-state index in [-0.39, 0.29) is 11.5 Å². The number of carboxylic acid groups (broad SMARTS) is 1. The Labute approximate surface area is 150 Å². The molecular weight excluding hydrogens is 338 g/mol. The maximum absolute atomic E-state index is 12.4. The molecule has 26 heavy (non-hydrogen) atoms. The Morgan fingerprint density at radius 2 is 2.04 bits per heavy atom. The summed E-state index contributed by atoms with van der Waals surface area (Å²) in [5, 5.41) is 8.88. The van der Waals surface area contributed by atoms with Crippen LogP contribution in [0.4, 0.5) is 11.6 Å². The number of aromatic nitrogens is 1. The minimum absolute atomic E-state index is 0.179. The first-order valence-electron chi connectivity index (χ1n) is 8.16. The molecule has 1 atom stereocenters. The van der Waals surface area contributed by atoms with Gasteiger partial charge in [-0.1, -0.05) is 0 Å². The average Bonchev–Trinajstić information content (AvgIpc) is 2.62. The molecule has 1 aliphatic rings. The highest BCUT2D eigenvalue weighted by atomic mass is 16.5. The fraction of sp³-hybridized carbons (Fsp3) is 0.278. The van der Waals surface area contributed by atoms with Crippen LogP contribution in [-0.4, -0.2) is 41.2 Å². The van der Waals surface area contributed by atoms with Gasteiger partial charge in [0.2, 0.25) is 0 Å². The first-order valence-corrected chi connectivity index (χ1v) is 8.16. The molecule has 1 aromatic heterocycles. The Bertz CT molecular complexity index is 822. The van der Waals surface area contributed by atoms with E-state index >= 15 is 0 Å². The average molecular weight is 357 g/mol. The highest BCUT2D eigenvalue weighted by Crippen LogP contribution is 2.32. The summed E-state index contributed by atoms with van der Waals surface area (Å²) in [5.74, 6) is 0.660. The number of nitrogen functional groups attached to an aromatic ring is 1. The second-order valence-electron chi connectivity index (χ2n) is 5.84. The van der Waals surface area contributed by atoms with Gasteiger partial charge in [0.1, 0.15) is 11.6 Å². The molecule has 1 aromatic carbocycles. The maximum Gasteiger partial charge on any atom is 0.335 e. The number of nitrogens with two attached hydrogens (primary N) is 1. The van der Waals surface area contributed by atoms with Crippen molar-refractivity contribution in [2.75, 3.05) is 23.8 Å². The van der Waals surface area contributed by atoms with E-state index in [1.165, 1.54) is 12.1 Å². The molecule has 136 valence electrons. The third-order valence-corrected chi connectivity index (χ3v) is 3.93. The van der Waals surface area contributed by atoms with Gasteiger partial charge in [-0.2, -0.15) is 0 Å². The van der Waals surface area contributed by atoms with Crippen LogP contribution in [0.5, 0.6) is 11.5 Å². The summed E-state index contributed by atoms with van der Waals surface area (Å²) in [5.41, 5.74) is 5.92. The van der Waals surface area contributed by atoms with Crippen LogP contribution in [0.15, 0.2) is 36.4 Å². The van der Waals surface area contributed by atoms with E-state index in [1.807, 2.05) is 0 Å². The van der Waals surface area contributed by atoms with Gasteiger partial charge in [-0.25, -0.2) is 9.78 Å². The normalized spacial score (nSPS) is 16.0. The molecule has 0 fully saturated rings. The standard InChI is InChI=1S/C18H19N3O5/c1-11-17(22)21(16-14(26-11)7-8-15(19)20-16)9-2-10-25-13-5-3-12(4-6-13)18(23)24/h3-8,11H,2,9-10H2,1H3,(H2,19,20)(H,23,24). The number of carbonyl (C=O) groups excluding carboxylic acids is 1. The van der Waals surface area contributed by atoms with Gasteiger partial charge in [-0.15, -0.1) is 0 Å². The minimum Gasteiger partial charge on any atom is -0.494 e. The Hall–Kier alpha value is -3.29. The fourth-order valence-electron chi connectivity index (χ4n) is 2.62. The zero-order valence-electron chi connectivity index (χ0n) is 14.2. The lowest BCUT2D eigenvalue weighted by molar-refractivity contribution is -0.125. The highest BCUT2D eigenvalue weighted by Gasteiger charge is 2.32. The molecule has 0 saturated carbocycles. The van der Waals surface area contributed by atoms with Crippen molar-refractivity contribution in [3.8, 4) is 11.5 Å². The topological polar surface area (TPSA) is 115 Å². The molecular formula is C18H19N3O5. The molecule has 1 aliphatic heterocycles. The smallest absolute Gasteiger partial charge is 0.335 e. The van der Waals surface area contributed by atoms with Crippen LogP contribution in [0.1, 0.15) is 23.7 Å². The van der Waals surface area contributed by atoms with Crippen LogP contribution >= 0.6 is 0 Å². The molecule has 1 amide bonds. The molecule has 0 radical (unpaired) electrons. The van der Waals surface area contributed by atoms with Gasteiger partial charge in [-0.3, -0.25) is 9.69 Å². The quantitative estimate of drug-likeness (QED) is 0.759. The van der Waals surface area contributed by atoms with E-state index in [0.29, 0.717) is 42.7 Å². The van der Waals surface area contributed by atoms with Crippen molar-refractivity contribution < 1.29 is 24.2 Å². The number of aromatic carboxylic acids is 1. The lowest BCUT2D eigenvalue weighted by Crippen LogP contribution is -2.45. The van der Waals surface area contributed by atoms with Crippen molar-refractivity contribution in [3.63, 3.8) is 0 Å². The van der Waals surface area contributed by atoms with Crippen molar-refractivity contribution in [1.29, 1.82) is 0 Å². The Morgan fingerprint density at radius 1 is 1.31 bits per heavy atom. The van der Waals surface area contributed by atoms with Crippen molar-refractivity contribution in [1.82, 2.24) is 4.98 Å². The second kappa shape index (κ2) is 7.30. The predicted octanol–water partition coefficient (Wildman–Crippen LogP) is 1.95. The molecule has 2 heterocycles. The van der Waals surface area contributed by atoms with Gasteiger partial charge in [0.15, 0.2) is 17.7 Å². The summed E-state index contributed by atoms with van der Waals surface area (Å²) < 4.78 is 11.1. The van der Waals surface area contributed by atoms with Crippen molar-refractivity contribution in [3.05, 3.63) is 42.0 Å². The number of hydrogen-bond donors (Lipinski definition) is 2. The molecule has 0 bridgehead atoms. The number of benzene rings is 1. The summed E-state index contributed by atoms with van der Waals surface area (Å²) in [4.78, 5) is 29.0. The maximum atomic E-state index is 12.4. The summed E-state index contributed by atoms with van der Waals surface area (Å²) in [6.45, 7) is 2.46. The number of carbonyl (C=O) groups is 2. The number of pyridine rings is 1. The lowest BCUT2D eigenvalue weighted by atomic mass is 10.2. The largest absolute Gasteiger partial charge is 0.494 e. The molecule has 2 aromatic rings. The van der Waals surface area contributed by atoms with Crippen LogP contribution in [0.25, 0.3) is 0 Å². The molecule has 3 N–H and O–H groups in total. The Balaban J connectivity index is 1.60. The fourth-order valence-corrected chi connectivity index (χ4v) is 2.62. The van der Waals surface area contributed by atoms with Gasteiger partial charge in [0.25, 0.3) is 5.91 Å². The van der Waals surface area contributed by atoms with Gasteiger partial charge >= 0.3 is 5.97 Å². The first kappa shape index (κ1) is 17.5. The van der Waals surface area contributed by atoms with E-state index in [4.69, 9.17) is 20.3 Å². The molecule has 0 saturated heterocycles. The molecule has 0 spiro atoms. The summed E-state index contributed by atoms with van der Waals surface area (Å²) in [6, 6.07) is 9.49. The van der Waals surface area contributed by atoms with E-state index in [0.717, 1.165) is 0 Å². The van der Waals surface area contributed by atoms with E-state index < -0.39 is 12.1 Å².